The molecule has 2 aromatic carbocycles. The van der Waals surface area contributed by atoms with Gasteiger partial charge in [-0.25, -0.2) is 8.78 Å². The molecule has 3 rings (SSSR count). The summed E-state index contributed by atoms with van der Waals surface area (Å²) in [6.45, 7) is 1.83. The van der Waals surface area contributed by atoms with Crippen LogP contribution in [-0.2, 0) is 7.05 Å². The van der Waals surface area contributed by atoms with E-state index in [1.807, 2.05) is 6.92 Å². The molecule has 3 N–H and O–H groups in total. The number of hydrogen-bond donors (Lipinski definition) is 2. The number of aryl methyl sites for hydroxylation is 2. The summed E-state index contributed by atoms with van der Waals surface area (Å²) in [5, 5.41) is 7.81. The Morgan fingerprint density at radius 2 is 1.79 bits per heavy atom. The second-order valence-electron chi connectivity index (χ2n) is 5.41. The van der Waals surface area contributed by atoms with Gasteiger partial charge in [0.15, 0.2) is 0 Å². The number of aromatic nitrogens is 2. The maximum absolute atomic E-state index is 13.3. The summed E-state index contributed by atoms with van der Waals surface area (Å²) in [5.41, 5.74) is 8.76. The third kappa shape index (κ3) is 2.92. The molecule has 0 atom stereocenters. The van der Waals surface area contributed by atoms with Gasteiger partial charge in [0.05, 0.1) is 22.1 Å². The number of nitrogens with zero attached hydrogens (tertiary/aromatic N) is 2. The van der Waals surface area contributed by atoms with Crippen molar-refractivity contribution in [3.05, 3.63) is 58.7 Å². The summed E-state index contributed by atoms with van der Waals surface area (Å²) in [6.07, 6.45) is 0. The quantitative estimate of drug-likeness (QED) is 0.677. The molecule has 0 amide bonds. The van der Waals surface area contributed by atoms with Crippen molar-refractivity contribution in [2.75, 3.05) is 11.1 Å². The number of nitrogen functional groups attached to an aromatic ring is 1. The summed E-state index contributed by atoms with van der Waals surface area (Å²) in [5.74, 6) is -0.206. The highest BCUT2D eigenvalue weighted by molar-refractivity contribution is 6.33. The molecule has 0 radical (unpaired) electrons. The molecule has 0 bridgehead atoms. The Kier molecular flexibility index (Phi) is 4.15. The van der Waals surface area contributed by atoms with Crippen molar-refractivity contribution in [3.8, 4) is 11.1 Å². The minimum absolute atomic E-state index is 0.269. The third-order valence-corrected chi connectivity index (χ3v) is 4.00. The van der Waals surface area contributed by atoms with Crippen molar-refractivity contribution in [2.45, 2.75) is 6.92 Å². The van der Waals surface area contributed by atoms with Crippen LogP contribution in [0.25, 0.3) is 11.1 Å². The molecule has 4 nitrogen and oxygen atoms in total. The van der Waals surface area contributed by atoms with E-state index < -0.39 is 11.6 Å². The number of nitrogens with one attached hydrogen (secondary N) is 1. The molecule has 0 aliphatic rings. The molecule has 3 aromatic rings. The Labute approximate surface area is 142 Å². The average Bonchev–Trinajstić information content (AvgIpc) is 2.76. The Morgan fingerprint density at radius 3 is 2.46 bits per heavy atom. The highest BCUT2D eigenvalue weighted by Gasteiger charge is 2.19. The van der Waals surface area contributed by atoms with Crippen LogP contribution in [-0.4, -0.2) is 9.78 Å². The van der Waals surface area contributed by atoms with Crippen LogP contribution in [0, 0.1) is 18.6 Å². The lowest BCUT2D eigenvalue weighted by Crippen LogP contribution is -2.03. The smallest absolute Gasteiger partial charge is 0.136 e. The largest absolute Gasteiger partial charge is 0.397 e. The zero-order valence-electron chi connectivity index (χ0n) is 13.1. The minimum Gasteiger partial charge on any atom is -0.397 e. The average molecular weight is 349 g/mol. The molecule has 124 valence electrons. The first-order valence-corrected chi connectivity index (χ1v) is 7.55. The maximum atomic E-state index is 13.3. The highest BCUT2D eigenvalue weighted by Crippen LogP contribution is 2.38. The van der Waals surface area contributed by atoms with Crippen molar-refractivity contribution in [1.82, 2.24) is 9.78 Å². The van der Waals surface area contributed by atoms with E-state index >= 15 is 0 Å². The van der Waals surface area contributed by atoms with Crippen molar-refractivity contribution in [2.24, 2.45) is 7.05 Å². The lowest BCUT2D eigenvalue weighted by molar-refractivity contribution is 0.628. The first kappa shape index (κ1) is 16.3. The molecule has 24 heavy (non-hydrogen) atoms. The summed E-state index contributed by atoms with van der Waals surface area (Å²) in [7, 11) is 1.76. The number of halogens is 3. The Balaban J connectivity index is 2.12. The van der Waals surface area contributed by atoms with E-state index in [4.69, 9.17) is 17.3 Å². The van der Waals surface area contributed by atoms with Crippen molar-refractivity contribution in [3.63, 3.8) is 0 Å². The first-order chi connectivity index (χ1) is 11.4. The second-order valence-corrected chi connectivity index (χ2v) is 5.82. The molecule has 0 aliphatic heterocycles. The van der Waals surface area contributed by atoms with E-state index in [1.54, 1.807) is 23.9 Å². The van der Waals surface area contributed by atoms with Crippen LogP contribution < -0.4 is 11.1 Å². The van der Waals surface area contributed by atoms with Crippen LogP contribution in [0.15, 0.2) is 36.4 Å². The van der Waals surface area contributed by atoms with Gasteiger partial charge in [-0.05, 0) is 43.3 Å². The fraction of sp³-hybridized carbons (Fsp3) is 0.118. The molecule has 0 saturated heterocycles. The van der Waals surface area contributed by atoms with Gasteiger partial charge >= 0.3 is 0 Å². The van der Waals surface area contributed by atoms with Gasteiger partial charge in [0.1, 0.15) is 17.5 Å². The molecule has 1 heterocycles. The molecule has 0 spiro atoms. The lowest BCUT2D eigenvalue weighted by Gasteiger charge is -2.13. The van der Waals surface area contributed by atoms with Crippen LogP contribution in [0.4, 0.5) is 26.0 Å². The van der Waals surface area contributed by atoms with Crippen LogP contribution in [0.2, 0.25) is 5.02 Å². The van der Waals surface area contributed by atoms with E-state index in [-0.39, 0.29) is 10.7 Å². The topological polar surface area (TPSA) is 55.9 Å². The Morgan fingerprint density at radius 1 is 1.12 bits per heavy atom. The second kappa shape index (κ2) is 6.13. The number of benzene rings is 2. The fourth-order valence-electron chi connectivity index (χ4n) is 2.59. The van der Waals surface area contributed by atoms with E-state index in [9.17, 15) is 8.78 Å². The molecular formula is C17H15ClF2N4. The zero-order chi connectivity index (χ0) is 17.4. The van der Waals surface area contributed by atoms with Gasteiger partial charge in [0.2, 0.25) is 0 Å². The van der Waals surface area contributed by atoms with Crippen molar-refractivity contribution in [1.29, 1.82) is 0 Å². The number of nitrogens with two attached hydrogens (primary N) is 1. The van der Waals surface area contributed by atoms with Crippen molar-refractivity contribution >= 4 is 28.8 Å². The summed E-state index contributed by atoms with van der Waals surface area (Å²) >= 11 is 6.19. The zero-order valence-corrected chi connectivity index (χ0v) is 13.8. The van der Waals surface area contributed by atoms with Crippen LogP contribution >= 0.6 is 11.6 Å². The number of hydrogen-bond acceptors (Lipinski definition) is 3. The maximum Gasteiger partial charge on any atom is 0.136 e. The SMILES string of the molecule is Cc1nn(C)c(Nc2ccc(F)cc2N)c1-c1ccc(F)cc1Cl. The predicted molar refractivity (Wildman–Crippen MR) is 92.4 cm³/mol. The van der Waals surface area contributed by atoms with E-state index in [0.717, 1.165) is 5.56 Å². The third-order valence-electron chi connectivity index (χ3n) is 3.69. The number of anilines is 3. The molecule has 0 fully saturated rings. The van der Waals surface area contributed by atoms with Gasteiger partial charge in [-0.2, -0.15) is 5.10 Å². The standard InChI is InChI=1S/C17H15ClF2N4/c1-9-16(12-5-3-10(19)7-13(12)18)17(24(2)23-9)22-15-6-4-11(20)8-14(15)21/h3-8,22H,21H2,1-2H3. The van der Waals surface area contributed by atoms with E-state index in [2.05, 4.69) is 10.4 Å². The minimum atomic E-state index is -0.416. The van der Waals surface area contributed by atoms with E-state index in [0.29, 0.717) is 22.8 Å². The molecule has 0 unspecified atom stereocenters. The van der Waals surface area contributed by atoms with Gasteiger partial charge < -0.3 is 11.1 Å². The molecule has 1 aromatic heterocycles. The van der Waals surface area contributed by atoms with Gasteiger partial charge in [0, 0.05) is 18.2 Å². The van der Waals surface area contributed by atoms with Gasteiger partial charge in [0.25, 0.3) is 0 Å². The summed E-state index contributed by atoms with van der Waals surface area (Å²) in [6, 6.07) is 8.27. The van der Waals surface area contributed by atoms with Crippen molar-refractivity contribution < 1.29 is 8.78 Å². The monoisotopic (exact) mass is 348 g/mol. The Hall–Kier alpha value is -2.60. The summed E-state index contributed by atoms with van der Waals surface area (Å²) < 4.78 is 28.2. The fourth-order valence-corrected chi connectivity index (χ4v) is 2.85. The molecule has 0 saturated carbocycles. The van der Waals surface area contributed by atoms with Gasteiger partial charge in [-0.3, -0.25) is 4.68 Å². The highest BCUT2D eigenvalue weighted by atomic mass is 35.5. The molecule has 7 heteroatoms. The van der Waals surface area contributed by atoms with Crippen LogP contribution in [0.3, 0.4) is 0 Å². The number of rotatable bonds is 3. The summed E-state index contributed by atoms with van der Waals surface area (Å²) in [4.78, 5) is 0. The van der Waals surface area contributed by atoms with Gasteiger partial charge in [-0.15, -0.1) is 0 Å². The van der Waals surface area contributed by atoms with Crippen LogP contribution in [0.5, 0.6) is 0 Å². The molecule has 0 aliphatic carbocycles. The molecular weight excluding hydrogens is 334 g/mol. The normalized spacial score (nSPS) is 10.9. The first-order valence-electron chi connectivity index (χ1n) is 7.18. The van der Waals surface area contributed by atoms with Crippen LogP contribution in [0.1, 0.15) is 5.69 Å². The van der Waals surface area contributed by atoms with E-state index in [1.165, 1.54) is 24.3 Å². The Bertz CT molecular complexity index is 921. The lowest BCUT2D eigenvalue weighted by atomic mass is 10.1. The predicted octanol–water partition coefficient (Wildman–Crippen LogP) is 4.65. The van der Waals surface area contributed by atoms with Gasteiger partial charge in [-0.1, -0.05) is 11.6 Å².